The van der Waals surface area contributed by atoms with E-state index in [4.69, 9.17) is 0 Å². The fourth-order valence-corrected chi connectivity index (χ4v) is 2.57. The Labute approximate surface area is 113 Å². The molecule has 0 spiro atoms. The second-order valence-corrected chi connectivity index (χ2v) is 5.32. The van der Waals surface area contributed by atoms with Gasteiger partial charge in [0, 0.05) is 19.1 Å². The van der Waals surface area contributed by atoms with Gasteiger partial charge in [-0.15, -0.1) is 0 Å². The summed E-state index contributed by atoms with van der Waals surface area (Å²) in [5.74, 6) is -0.973. The van der Waals surface area contributed by atoms with Crippen molar-refractivity contribution >= 4 is 5.69 Å². The number of hydrogen-bond acceptors (Lipinski definition) is 2. The van der Waals surface area contributed by atoms with Crippen molar-refractivity contribution in [3.8, 4) is 0 Å². The molecule has 1 aliphatic heterocycles. The molecule has 4 heteroatoms. The molecule has 1 aliphatic rings. The Hall–Kier alpha value is -1.16. The molecule has 0 aliphatic carbocycles. The molecule has 1 fully saturated rings. The molecule has 1 aromatic rings. The third-order valence-corrected chi connectivity index (χ3v) is 4.03. The Morgan fingerprint density at radius 1 is 1.42 bits per heavy atom. The van der Waals surface area contributed by atoms with Gasteiger partial charge >= 0.3 is 0 Å². The summed E-state index contributed by atoms with van der Waals surface area (Å²) < 4.78 is 27.2. The third-order valence-electron chi connectivity index (χ3n) is 4.03. The molecule has 106 valence electrons. The first-order valence-electron chi connectivity index (χ1n) is 7.05. The number of halogens is 2. The summed E-state index contributed by atoms with van der Waals surface area (Å²) in [4.78, 5) is 1.97. The molecule has 0 saturated carbocycles. The SMILES string of the molecule is CCC(C)C1CN(c2cccc(F)c2F)CCCN1. The molecule has 0 bridgehead atoms. The Morgan fingerprint density at radius 3 is 2.95 bits per heavy atom. The standard InChI is InChI=1S/C15H22F2N2/c1-3-11(2)13-10-19(9-5-8-18-13)14-7-4-6-12(16)15(14)17/h4,6-7,11,13,18H,3,5,8-10H2,1-2H3. The highest BCUT2D eigenvalue weighted by molar-refractivity contribution is 5.48. The van der Waals surface area contributed by atoms with Crippen molar-refractivity contribution in [2.24, 2.45) is 5.92 Å². The van der Waals surface area contributed by atoms with Gasteiger partial charge in [0.15, 0.2) is 11.6 Å². The summed E-state index contributed by atoms with van der Waals surface area (Å²) >= 11 is 0. The van der Waals surface area contributed by atoms with Crippen LogP contribution in [0.3, 0.4) is 0 Å². The maximum atomic E-state index is 13.9. The van der Waals surface area contributed by atoms with Crippen LogP contribution < -0.4 is 10.2 Å². The number of hydrogen-bond donors (Lipinski definition) is 1. The smallest absolute Gasteiger partial charge is 0.182 e. The molecule has 0 radical (unpaired) electrons. The zero-order valence-electron chi connectivity index (χ0n) is 11.6. The van der Waals surface area contributed by atoms with E-state index in [0.29, 0.717) is 17.6 Å². The van der Waals surface area contributed by atoms with Crippen molar-refractivity contribution in [3.05, 3.63) is 29.8 Å². The van der Waals surface area contributed by atoms with E-state index >= 15 is 0 Å². The summed E-state index contributed by atoms with van der Waals surface area (Å²) in [6, 6.07) is 4.73. The van der Waals surface area contributed by atoms with Gasteiger partial charge in [0.1, 0.15) is 0 Å². The lowest BCUT2D eigenvalue weighted by atomic mass is 9.99. The van der Waals surface area contributed by atoms with Gasteiger partial charge < -0.3 is 10.2 Å². The Bertz CT molecular complexity index is 423. The molecule has 1 aromatic carbocycles. The average Bonchev–Trinajstić information content (AvgIpc) is 2.67. The molecule has 2 nitrogen and oxygen atoms in total. The van der Waals surface area contributed by atoms with Crippen molar-refractivity contribution in [1.29, 1.82) is 0 Å². The number of rotatable bonds is 3. The van der Waals surface area contributed by atoms with Gasteiger partial charge in [-0.05, 0) is 31.0 Å². The van der Waals surface area contributed by atoms with Crippen molar-refractivity contribution in [2.75, 3.05) is 24.5 Å². The van der Waals surface area contributed by atoms with E-state index in [1.807, 2.05) is 4.90 Å². The summed E-state index contributed by atoms with van der Waals surface area (Å²) in [6.07, 6.45) is 2.03. The summed E-state index contributed by atoms with van der Waals surface area (Å²) in [6.45, 7) is 6.78. The topological polar surface area (TPSA) is 15.3 Å². The highest BCUT2D eigenvalue weighted by Gasteiger charge is 2.24. The van der Waals surface area contributed by atoms with Crippen LogP contribution >= 0.6 is 0 Å². The van der Waals surface area contributed by atoms with Crippen LogP contribution in [-0.4, -0.2) is 25.7 Å². The van der Waals surface area contributed by atoms with Crippen molar-refractivity contribution in [1.82, 2.24) is 5.32 Å². The average molecular weight is 268 g/mol. The first-order valence-corrected chi connectivity index (χ1v) is 7.05. The Balaban J connectivity index is 2.20. The second-order valence-electron chi connectivity index (χ2n) is 5.32. The molecular formula is C15H22F2N2. The highest BCUT2D eigenvalue weighted by atomic mass is 19.2. The minimum Gasteiger partial charge on any atom is -0.367 e. The summed E-state index contributed by atoms with van der Waals surface area (Å²) in [5.41, 5.74) is 0.386. The molecular weight excluding hydrogens is 246 g/mol. The van der Waals surface area contributed by atoms with Crippen LogP contribution in [0.5, 0.6) is 0 Å². The van der Waals surface area contributed by atoms with Crippen LogP contribution in [-0.2, 0) is 0 Å². The minimum atomic E-state index is -0.769. The van der Waals surface area contributed by atoms with Gasteiger partial charge in [0.05, 0.1) is 5.69 Å². The quantitative estimate of drug-likeness (QED) is 0.905. The van der Waals surface area contributed by atoms with E-state index in [2.05, 4.69) is 19.2 Å². The van der Waals surface area contributed by atoms with E-state index in [-0.39, 0.29) is 0 Å². The van der Waals surface area contributed by atoms with Crippen LogP contribution in [0.4, 0.5) is 14.5 Å². The van der Waals surface area contributed by atoms with E-state index in [0.717, 1.165) is 32.5 Å². The monoisotopic (exact) mass is 268 g/mol. The van der Waals surface area contributed by atoms with Crippen molar-refractivity contribution in [3.63, 3.8) is 0 Å². The van der Waals surface area contributed by atoms with Gasteiger partial charge in [-0.2, -0.15) is 0 Å². The molecule has 2 unspecified atom stereocenters. The van der Waals surface area contributed by atoms with Gasteiger partial charge in [-0.1, -0.05) is 26.3 Å². The lowest BCUT2D eigenvalue weighted by Crippen LogP contribution is -2.42. The molecule has 2 atom stereocenters. The minimum absolute atomic E-state index is 0.329. The lowest BCUT2D eigenvalue weighted by Gasteiger charge is -2.29. The zero-order valence-corrected chi connectivity index (χ0v) is 11.6. The van der Waals surface area contributed by atoms with Gasteiger partial charge in [0.2, 0.25) is 0 Å². The summed E-state index contributed by atoms with van der Waals surface area (Å²) in [5, 5.41) is 3.51. The molecule has 0 aromatic heterocycles. The van der Waals surface area contributed by atoms with Crippen molar-refractivity contribution in [2.45, 2.75) is 32.7 Å². The van der Waals surface area contributed by atoms with Crippen molar-refractivity contribution < 1.29 is 8.78 Å². The first kappa shape index (κ1) is 14.3. The van der Waals surface area contributed by atoms with Crippen LogP contribution in [0.2, 0.25) is 0 Å². The number of benzene rings is 1. The zero-order chi connectivity index (χ0) is 13.8. The van der Waals surface area contributed by atoms with Gasteiger partial charge in [-0.3, -0.25) is 0 Å². The Kier molecular flexibility index (Phi) is 4.75. The van der Waals surface area contributed by atoms with E-state index in [1.165, 1.54) is 6.07 Å². The molecule has 2 rings (SSSR count). The number of anilines is 1. The highest BCUT2D eigenvalue weighted by Crippen LogP contribution is 2.24. The molecule has 0 amide bonds. The van der Waals surface area contributed by atoms with Crippen LogP contribution in [0.15, 0.2) is 18.2 Å². The lowest BCUT2D eigenvalue weighted by molar-refractivity contribution is 0.383. The van der Waals surface area contributed by atoms with Crippen LogP contribution in [0.1, 0.15) is 26.7 Å². The van der Waals surface area contributed by atoms with E-state index in [9.17, 15) is 8.78 Å². The predicted molar refractivity (Wildman–Crippen MR) is 74.4 cm³/mol. The molecule has 19 heavy (non-hydrogen) atoms. The largest absolute Gasteiger partial charge is 0.367 e. The third kappa shape index (κ3) is 3.24. The number of nitrogens with one attached hydrogen (secondary N) is 1. The molecule has 1 saturated heterocycles. The maximum absolute atomic E-state index is 13.9. The van der Waals surface area contributed by atoms with Gasteiger partial charge in [0.25, 0.3) is 0 Å². The van der Waals surface area contributed by atoms with Gasteiger partial charge in [-0.25, -0.2) is 8.78 Å². The fraction of sp³-hybridized carbons (Fsp3) is 0.600. The number of nitrogens with zero attached hydrogens (tertiary/aromatic N) is 1. The van der Waals surface area contributed by atoms with Crippen LogP contribution in [0, 0.1) is 17.6 Å². The first-order chi connectivity index (χ1) is 9.13. The Morgan fingerprint density at radius 2 is 2.21 bits per heavy atom. The fourth-order valence-electron chi connectivity index (χ4n) is 2.57. The second kappa shape index (κ2) is 6.33. The molecule has 1 heterocycles. The maximum Gasteiger partial charge on any atom is 0.182 e. The molecule has 1 N–H and O–H groups in total. The van der Waals surface area contributed by atoms with E-state index in [1.54, 1.807) is 12.1 Å². The van der Waals surface area contributed by atoms with Crippen LogP contribution in [0.25, 0.3) is 0 Å². The normalized spacial score (nSPS) is 22.1. The summed E-state index contributed by atoms with van der Waals surface area (Å²) in [7, 11) is 0. The van der Waals surface area contributed by atoms with E-state index < -0.39 is 11.6 Å². The predicted octanol–water partition coefficient (Wildman–Crippen LogP) is 3.18.